The molecule has 2 fully saturated rings. The second-order valence-electron chi connectivity index (χ2n) is 22.0. The fourth-order valence-corrected chi connectivity index (χ4v) is 13.9. The van der Waals surface area contributed by atoms with E-state index in [-0.39, 0.29) is 0 Å². The molecule has 0 atom stereocenters. The summed E-state index contributed by atoms with van der Waals surface area (Å²) < 4.78 is 21.8. The van der Waals surface area contributed by atoms with Gasteiger partial charge >= 0.3 is 0 Å². The average Bonchev–Trinajstić information content (AvgIpc) is 4.49. The molecule has 0 N–H and O–H groups in total. The predicted molar refractivity (Wildman–Crippen MR) is 328 cm³/mol. The number of fused-ring (bicyclic) bond motifs is 11. The molecule has 16 rings (SSSR count). The van der Waals surface area contributed by atoms with Crippen molar-refractivity contribution in [1.29, 1.82) is 0 Å². The first-order valence-corrected chi connectivity index (χ1v) is 28.4. The van der Waals surface area contributed by atoms with Crippen molar-refractivity contribution < 1.29 is 13.3 Å². The van der Waals surface area contributed by atoms with E-state index < -0.39 is 0 Å². The van der Waals surface area contributed by atoms with Gasteiger partial charge in [0.15, 0.2) is 11.2 Å². The van der Waals surface area contributed by atoms with Crippen LogP contribution in [-0.4, -0.2) is 0 Å². The van der Waals surface area contributed by atoms with E-state index in [4.69, 9.17) is 13.3 Å². The molecule has 0 unspecified atom stereocenters. The van der Waals surface area contributed by atoms with Crippen LogP contribution in [0.2, 0.25) is 0 Å². The molecule has 0 amide bonds. The SMILES string of the molecule is c1ccc(-c2ccccc2N(c2ccc3c(c2)oc2cc(N(c4ccccc4-c4ccccc4)c4cccc5c4oc4c(C6CCCC6)cccc45)c4ccccc4c23)c2cccc3c2oc2c(C4CCCC4)cccc23)cc1. The van der Waals surface area contributed by atoms with Crippen molar-refractivity contribution in [1.82, 2.24) is 0 Å². The van der Waals surface area contributed by atoms with E-state index >= 15 is 0 Å². The van der Waals surface area contributed by atoms with Crippen molar-refractivity contribution in [3.8, 4) is 22.3 Å². The third-order valence-corrected chi connectivity index (χ3v) is 17.5. The van der Waals surface area contributed by atoms with E-state index in [2.05, 4.69) is 240 Å². The number of anilines is 6. The molecule has 0 saturated heterocycles. The van der Waals surface area contributed by atoms with Gasteiger partial charge in [0.2, 0.25) is 0 Å². The molecule has 14 aromatic rings. The highest BCUT2D eigenvalue weighted by atomic mass is 16.3. The molecule has 3 heterocycles. The van der Waals surface area contributed by atoms with Crippen LogP contribution in [0, 0.1) is 0 Å². The Hall–Kier alpha value is -9.32. The zero-order valence-electron chi connectivity index (χ0n) is 43.9. The predicted octanol–water partition coefficient (Wildman–Crippen LogP) is 22.1. The van der Waals surface area contributed by atoms with Gasteiger partial charge in [0, 0.05) is 61.0 Å². The summed E-state index contributed by atoms with van der Waals surface area (Å²) in [6.45, 7) is 0. The summed E-state index contributed by atoms with van der Waals surface area (Å²) in [6, 6.07) is 83.6. The molecule has 0 spiro atoms. The van der Waals surface area contributed by atoms with Gasteiger partial charge in [-0.25, -0.2) is 0 Å². The second kappa shape index (κ2) is 18.7. The molecule has 5 nitrogen and oxygen atoms in total. The van der Waals surface area contributed by atoms with Crippen molar-refractivity contribution in [2.75, 3.05) is 9.80 Å². The van der Waals surface area contributed by atoms with Crippen LogP contribution < -0.4 is 9.80 Å². The normalized spacial score (nSPS) is 14.3. The molecule has 2 aliphatic carbocycles. The number of rotatable bonds is 10. The monoisotopic (exact) mass is 1020 g/mol. The molecule has 3 aromatic heterocycles. The number of furan rings is 3. The minimum absolute atomic E-state index is 0.502. The summed E-state index contributed by atoms with van der Waals surface area (Å²) in [7, 11) is 0. The Morgan fingerprint density at radius 3 is 1.30 bits per heavy atom. The lowest BCUT2D eigenvalue weighted by atomic mass is 9.95. The summed E-state index contributed by atoms with van der Waals surface area (Å²) in [6.07, 6.45) is 9.84. The Labute approximate surface area is 458 Å². The maximum Gasteiger partial charge on any atom is 0.159 e. The number of nitrogens with zero attached hydrogens (tertiary/aromatic N) is 2. The topological polar surface area (TPSA) is 45.9 Å². The maximum absolute atomic E-state index is 7.33. The van der Waals surface area contributed by atoms with Gasteiger partial charge in [-0.15, -0.1) is 0 Å². The molecular weight excluding hydrogens is 965 g/mol. The van der Waals surface area contributed by atoms with Gasteiger partial charge in [-0.1, -0.05) is 208 Å². The van der Waals surface area contributed by atoms with Crippen molar-refractivity contribution >= 4 is 111 Å². The van der Waals surface area contributed by atoms with Crippen LogP contribution in [0.4, 0.5) is 34.1 Å². The van der Waals surface area contributed by atoms with Crippen LogP contribution in [0.3, 0.4) is 0 Å². The van der Waals surface area contributed by atoms with E-state index in [1.807, 2.05) is 0 Å². The fourth-order valence-electron chi connectivity index (χ4n) is 13.9. The van der Waals surface area contributed by atoms with Crippen LogP contribution in [0.15, 0.2) is 244 Å². The van der Waals surface area contributed by atoms with Crippen LogP contribution in [0.25, 0.3) is 98.8 Å². The van der Waals surface area contributed by atoms with Gasteiger partial charge in [0.1, 0.15) is 22.3 Å². The second-order valence-corrected chi connectivity index (χ2v) is 22.0. The van der Waals surface area contributed by atoms with Crippen LogP contribution in [0.5, 0.6) is 0 Å². The summed E-state index contributed by atoms with van der Waals surface area (Å²) >= 11 is 0. The number of para-hydroxylation sites is 6. The van der Waals surface area contributed by atoms with Crippen LogP contribution in [0.1, 0.15) is 74.3 Å². The van der Waals surface area contributed by atoms with Gasteiger partial charge < -0.3 is 23.1 Å². The summed E-state index contributed by atoms with van der Waals surface area (Å²) in [4.78, 5) is 4.81. The lowest BCUT2D eigenvalue weighted by Crippen LogP contribution is -2.12. The van der Waals surface area contributed by atoms with E-state index in [1.54, 1.807) is 0 Å². The van der Waals surface area contributed by atoms with Crippen molar-refractivity contribution in [2.24, 2.45) is 0 Å². The Bertz CT molecular complexity index is 4650. The van der Waals surface area contributed by atoms with Gasteiger partial charge in [0.05, 0.1) is 34.1 Å². The maximum atomic E-state index is 7.33. The van der Waals surface area contributed by atoms with Gasteiger partial charge in [0.25, 0.3) is 0 Å². The van der Waals surface area contributed by atoms with Crippen molar-refractivity contribution in [3.63, 3.8) is 0 Å². The average molecular weight is 1020 g/mol. The molecule has 5 heteroatoms. The fraction of sp³-hybridized carbons (Fsp3) is 0.135. The van der Waals surface area contributed by atoms with Crippen molar-refractivity contribution in [3.05, 3.63) is 242 Å². The highest BCUT2D eigenvalue weighted by Gasteiger charge is 2.30. The number of hydrogen-bond acceptors (Lipinski definition) is 5. The molecule has 380 valence electrons. The largest absolute Gasteiger partial charge is 0.456 e. The molecule has 0 radical (unpaired) electrons. The molecule has 0 bridgehead atoms. The van der Waals surface area contributed by atoms with E-state index in [0.29, 0.717) is 11.8 Å². The molecule has 0 aliphatic heterocycles. The smallest absolute Gasteiger partial charge is 0.159 e. The summed E-state index contributed by atoms with van der Waals surface area (Å²) in [5.74, 6) is 1.01. The van der Waals surface area contributed by atoms with Crippen LogP contribution >= 0.6 is 0 Å². The van der Waals surface area contributed by atoms with Crippen molar-refractivity contribution in [2.45, 2.75) is 63.2 Å². The molecule has 2 aliphatic rings. The molecule has 79 heavy (non-hydrogen) atoms. The number of hydrogen-bond donors (Lipinski definition) is 0. The number of benzene rings is 11. The first-order chi connectivity index (χ1) is 39.2. The summed E-state index contributed by atoms with van der Waals surface area (Å²) in [5, 5.41) is 8.91. The Kier molecular flexibility index (Phi) is 10.9. The van der Waals surface area contributed by atoms with Gasteiger partial charge in [-0.3, -0.25) is 0 Å². The summed E-state index contributed by atoms with van der Waals surface area (Å²) in [5.41, 5.74) is 18.5. The minimum Gasteiger partial charge on any atom is -0.456 e. The molecule has 2 saturated carbocycles. The van der Waals surface area contributed by atoms with Gasteiger partial charge in [-0.05, 0) is 102 Å². The Morgan fingerprint density at radius 2 is 0.734 bits per heavy atom. The molecule has 11 aromatic carbocycles. The highest BCUT2D eigenvalue weighted by Crippen LogP contribution is 2.53. The lowest BCUT2D eigenvalue weighted by molar-refractivity contribution is 0.643. The first kappa shape index (κ1) is 45.8. The third-order valence-electron chi connectivity index (χ3n) is 17.5. The van der Waals surface area contributed by atoms with Crippen LogP contribution in [-0.2, 0) is 0 Å². The Balaban J connectivity index is 0.929. The quantitative estimate of drug-likeness (QED) is 0.137. The highest BCUT2D eigenvalue weighted by molar-refractivity contribution is 6.24. The minimum atomic E-state index is 0.502. The Morgan fingerprint density at radius 1 is 0.291 bits per heavy atom. The molecular formula is C74H56N2O3. The standard InChI is InChI=1S/C74H56N2O3/c1-3-21-47(22-4-1)52-29-13-15-39-63(52)75(65-41-19-37-60-58-35-17-33-54(49-25-7-8-26-49)71(58)78-73(60)65)51-43-44-62-68(45-51)77-69-46-67(56-31-11-12-32-57(56)70(62)69)76(64-40-16-14-30-53(64)48-23-5-2-6-24-48)66-42-20-38-61-59-36-18-34-55(50-27-9-10-28-50)72(59)79-74(61)66/h1-6,11-24,29-46,49-50H,7-10,25-28H2. The van der Waals surface area contributed by atoms with Gasteiger partial charge in [-0.2, -0.15) is 0 Å². The van der Waals surface area contributed by atoms with E-state index in [9.17, 15) is 0 Å². The third kappa shape index (κ3) is 7.43. The van der Waals surface area contributed by atoms with E-state index in [0.717, 1.165) is 128 Å². The lowest BCUT2D eigenvalue weighted by Gasteiger charge is -2.29. The first-order valence-electron chi connectivity index (χ1n) is 28.4. The zero-order chi connectivity index (χ0) is 52.0. The van der Waals surface area contributed by atoms with E-state index in [1.165, 1.54) is 67.9 Å². The zero-order valence-corrected chi connectivity index (χ0v) is 43.9.